The molecule has 0 saturated carbocycles. The van der Waals surface area contributed by atoms with Crippen molar-refractivity contribution in [2.45, 2.75) is 337 Å². The van der Waals surface area contributed by atoms with Crippen LogP contribution < -0.4 is 57.7 Å². The Morgan fingerprint density at radius 1 is 0.327 bits per heavy atom. The first-order valence-corrected chi connectivity index (χ1v) is 54.3. The predicted molar refractivity (Wildman–Crippen MR) is 624 cm³/mol. The lowest BCUT2D eigenvalue weighted by Crippen LogP contribution is -2.17. The molecule has 0 unspecified atom stereocenters. The van der Waals surface area contributed by atoms with Crippen molar-refractivity contribution < 1.29 is 70.2 Å². The quantitative estimate of drug-likeness (QED) is 0.160. The Morgan fingerprint density at radius 2 is 0.760 bits per heavy atom. The van der Waals surface area contributed by atoms with E-state index in [0.29, 0.717) is 56.6 Å². The van der Waals surface area contributed by atoms with E-state index in [1.165, 1.54) is 89.5 Å². The summed E-state index contributed by atoms with van der Waals surface area (Å²) in [6.45, 7) is 96.2. The van der Waals surface area contributed by atoms with Gasteiger partial charge >= 0.3 is 0 Å². The maximum atomic E-state index is 11.6. The molecule has 1 N–H and O–H groups in total. The van der Waals surface area contributed by atoms with E-state index < -0.39 is 0 Å². The highest BCUT2D eigenvalue weighted by atomic mass is 16.7. The van der Waals surface area contributed by atoms with Gasteiger partial charge in [0.05, 0.1) is 69.1 Å². The number of nitrogens with zero attached hydrogens (tertiary/aromatic N) is 6. The van der Waals surface area contributed by atoms with Gasteiger partial charge < -0.3 is 75.2 Å². The van der Waals surface area contributed by atoms with E-state index in [4.69, 9.17) is 65.4 Å². The number of aromatic amines is 1. The van der Waals surface area contributed by atoms with Gasteiger partial charge in [-0.05, 0) is 304 Å². The van der Waals surface area contributed by atoms with Gasteiger partial charge in [0.25, 0.3) is 17.3 Å². The Kier molecular flexibility index (Phi) is 61.2. The molecule has 14 aromatic rings. The number of H-pyrrole nitrogens is 1. The largest absolute Gasteiger partial charge is 0.496 e. The highest BCUT2D eigenvalue weighted by Gasteiger charge is 2.28. The zero-order valence-corrected chi connectivity index (χ0v) is 101. The number of furan rings is 3. The van der Waals surface area contributed by atoms with E-state index in [1.54, 1.807) is 36.8 Å². The molecule has 8 aliphatic rings. The second kappa shape index (κ2) is 69.1. The van der Waals surface area contributed by atoms with Gasteiger partial charge in [-0.15, -0.1) is 0 Å². The SMILES string of the molecule is CC.CC.CC.CC.CC.CC.CC.CC.CC.CC.COc1cc2c(cc1C)CN(C)C2=O.Cc1c[nH]c(=O)c2ccoc12.Cc1cc(C)c2c(c1C)CCO2.Cc1cc(C)c2c(c1C)OCCO2.Cc1cc(C)c2c(c1C)OCO2.Cc1cc(C)c2c(n1)CCO2.Cc1cc(C)c2c(n1)OCCO2.Cc1cc(C)c2occc2c1.Cc1cc(C)c2occc2n1.Cc1cnc(C)c2c1OCC2.Cc1nc(C)c2c(c1C)CCO2. The van der Waals surface area contributed by atoms with E-state index >= 15 is 0 Å². The molecule has 9 aromatic heterocycles. The number of hydrogen-bond donors (Lipinski definition) is 1. The average molecular weight is 2070 g/mol. The van der Waals surface area contributed by atoms with Crippen LogP contribution >= 0.6 is 0 Å². The monoisotopic (exact) mass is 2060 g/mol. The van der Waals surface area contributed by atoms with Crippen molar-refractivity contribution in [3.8, 4) is 63.4 Å². The molecule has 22 rings (SSSR count). The van der Waals surface area contributed by atoms with Crippen LogP contribution in [-0.2, 0) is 32.2 Å². The van der Waals surface area contributed by atoms with Crippen LogP contribution in [-0.4, -0.2) is 115 Å². The number of carbonyl (C=O) groups excluding carboxylic acids is 1. The Morgan fingerprint density at radius 3 is 1.34 bits per heavy atom. The Labute approximate surface area is 900 Å². The number of nitrogens with one attached hydrogen (secondary N) is 1. The fourth-order valence-corrected chi connectivity index (χ4v) is 16.9. The molecule has 0 aliphatic carbocycles. The fraction of sp³-hybridized carbons (Fsp3) is 0.472. The first kappa shape index (κ1) is 133. The van der Waals surface area contributed by atoms with Gasteiger partial charge in [-0.2, -0.15) is 0 Å². The number of benzene rings is 5. The van der Waals surface area contributed by atoms with Crippen molar-refractivity contribution in [2.75, 3.05) is 73.8 Å². The minimum absolute atomic E-state index is 0.0818. The summed E-state index contributed by atoms with van der Waals surface area (Å²) < 4.78 is 75.4. The summed E-state index contributed by atoms with van der Waals surface area (Å²) in [7, 11) is 3.43. The number of hydrogen-bond acceptors (Lipinski definition) is 21. The van der Waals surface area contributed by atoms with Crippen LogP contribution in [0.15, 0.2) is 128 Å². The van der Waals surface area contributed by atoms with Crippen LogP contribution in [0.3, 0.4) is 0 Å². The maximum Gasteiger partial charge on any atom is 0.259 e. The number of rotatable bonds is 1. The molecule has 0 bridgehead atoms. The van der Waals surface area contributed by atoms with Crippen molar-refractivity contribution in [1.29, 1.82) is 0 Å². The second-order valence-corrected chi connectivity index (χ2v) is 34.1. The van der Waals surface area contributed by atoms with Crippen LogP contribution in [0.5, 0.6) is 63.4 Å². The van der Waals surface area contributed by atoms with Crippen LogP contribution in [0.25, 0.3) is 33.0 Å². The lowest BCUT2D eigenvalue weighted by atomic mass is 9.98. The molecule has 8 aliphatic heterocycles. The zero-order valence-electron chi connectivity index (χ0n) is 101. The summed E-state index contributed by atoms with van der Waals surface area (Å²) in [5, 5.41) is 1.81. The third-order valence-electron chi connectivity index (χ3n) is 23.9. The summed E-state index contributed by atoms with van der Waals surface area (Å²) in [5.41, 5.74) is 38.6. The molecule has 23 nitrogen and oxygen atoms in total. The summed E-state index contributed by atoms with van der Waals surface area (Å²) in [5.74, 6) is 10.2. The number of methoxy groups -OCH3 is 1. The van der Waals surface area contributed by atoms with E-state index in [-0.39, 0.29) is 11.5 Å². The number of aryl methyl sites for hydroxylation is 20. The van der Waals surface area contributed by atoms with E-state index in [1.807, 2.05) is 264 Å². The first-order valence-electron chi connectivity index (χ1n) is 54.3. The number of carbonyl (C=O) groups is 1. The number of aromatic nitrogens is 6. The number of pyridine rings is 6. The highest BCUT2D eigenvalue weighted by molar-refractivity contribution is 5.98. The summed E-state index contributed by atoms with van der Waals surface area (Å²) >= 11 is 0. The molecule has 5 aromatic carbocycles. The lowest BCUT2D eigenvalue weighted by Gasteiger charge is -2.22. The topological polar surface area (TPSA) is 259 Å². The van der Waals surface area contributed by atoms with Crippen molar-refractivity contribution in [3.05, 3.63) is 288 Å². The van der Waals surface area contributed by atoms with E-state index in [9.17, 15) is 9.59 Å². The minimum Gasteiger partial charge on any atom is -0.496 e. The minimum atomic E-state index is -0.0978. The molecule has 0 fully saturated rings. The molecule has 1 amide bonds. The standard InChI is InChI=1S/C11H13NO2.C11H14O2.C11H14O.C10H13NO.C10H12O2.C10H10O.C9H11NO2.2C9H11NO.C9H9NO.C8H7NO2.10C2H6/c1-7-4-8-6-12(2)11(13)9(8)5-10(7)14-3;1-7-6-8(2)10-11(9(7)3)13-5-4-12-10;1-7-6-8(2)11-10(9(7)3)4-5-12-11;1-6-7(2)11-8(3)10-9(6)4-5-12-10;1-6-4-7(2)9-10(8(6)3)12-5-11-9;1-7-5-8(2)10-9(6-7)3-4-11-10;1-6-5-7(2)10-9-8(6)11-3-4-12-9;1-6-5-10-7(2)8-3-4-11-9(6)8;2*1-6-5-7(2)10-8-3-4-11-9(6)8;1-5-4-9-8(10)6-2-3-11-7(5)6;10*1-2/h4-5H,6H2,1-3H3;6H,4-5H2,1-3H3;6H,4-5H2,1-3H3;4-5H2,1-3H3;4H,5H2,1-3H3;3-6H,1-2H3;5H,3-4H2,1-2H3;2*5H,3-4H2,1-2H3;3-5H,1-2H3;2-4H,1H3,(H,9,10);10*1-2H3. The molecule has 824 valence electrons. The molecule has 23 heteroatoms. The van der Waals surface area contributed by atoms with Crippen molar-refractivity contribution in [1.82, 2.24) is 34.8 Å². The third kappa shape index (κ3) is 36.5. The van der Waals surface area contributed by atoms with Crippen LogP contribution in [0.2, 0.25) is 0 Å². The van der Waals surface area contributed by atoms with Crippen molar-refractivity contribution >= 4 is 38.9 Å². The van der Waals surface area contributed by atoms with Gasteiger partial charge in [0.2, 0.25) is 6.79 Å². The number of ether oxygens (including phenoxy) is 11. The molecule has 17 heterocycles. The van der Waals surface area contributed by atoms with Gasteiger partial charge in [0.1, 0.15) is 71.9 Å². The lowest BCUT2D eigenvalue weighted by molar-refractivity contribution is 0.0816. The normalized spacial score (nSPS) is 12.0. The van der Waals surface area contributed by atoms with Crippen LogP contribution in [0.1, 0.15) is 311 Å². The average Bonchev–Trinajstić information content (AvgIpc) is 1.51. The zero-order chi connectivity index (χ0) is 114. The Bertz CT molecular complexity index is 6270. The van der Waals surface area contributed by atoms with Crippen LogP contribution in [0.4, 0.5) is 0 Å². The number of fused-ring (bicyclic) bond motifs is 11. The smallest absolute Gasteiger partial charge is 0.259 e. The third-order valence-corrected chi connectivity index (χ3v) is 23.9. The highest BCUT2D eigenvalue weighted by Crippen LogP contribution is 2.42. The van der Waals surface area contributed by atoms with Gasteiger partial charge in [-0.1, -0.05) is 168 Å². The molecule has 0 saturated heterocycles. The van der Waals surface area contributed by atoms with E-state index in [0.717, 1.165) is 216 Å². The second-order valence-electron chi connectivity index (χ2n) is 34.1. The van der Waals surface area contributed by atoms with Crippen molar-refractivity contribution in [2.24, 2.45) is 0 Å². The Balaban J connectivity index is 0.000000548. The molecule has 0 atom stereocenters. The van der Waals surface area contributed by atoms with E-state index in [2.05, 4.69) is 156 Å². The van der Waals surface area contributed by atoms with Crippen molar-refractivity contribution in [3.63, 3.8) is 0 Å². The molecular formula is C127H185N7O16. The van der Waals surface area contributed by atoms with Gasteiger partial charge in [-0.25, -0.2) is 9.97 Å². The first-order chi connectivity index (χ1) is 72.1. The summed E-state index contributed by atoms with van der Waals surface area (Å²) in [4.78, 5) is 48.7. The number of amides is 1. The molecule has 150 heavy (non-hydrogen) atoms. The molecule has 0 spiro atoms. The molecular weight excluding hydrogens is 1880 g/mol. The summed E-state index contributed by atoms with van der Waals surface area (Å²) in [6.07, 6.45) is 12.6. The summed E-state index contributed by atoms with van der Waals surface area (Å²) in [6, 6.07) is 26.2. The van der Waals surface area contributed by atoms with Gasteiger partial charge in [0.15, 0.2) is 34.3 Å². The van der Waals surface area contributed by atoms with Crippen LogP contribution in [0, 0.1) is 166 Å². The van der Waals surface area contributed by atoms with Gasteiger partial charge in [0, 0.05) is 125 Å². The fourth-order valence-electron chi connectivity index (χ4n) is 16.9. The molecule has 0 radical (unpaired) electrons. The Hall–Kier alpha value is -13.3. The predicted octanol–water partition coefficient (Wildman–Crippen LogP) is 32.7. The van der Waals surface area contributed by atoms with Gasteiger partial charge in [-0.3, -0.25) is 24.5 Å². The maximum absolute atomic E-state index is 11.6.